The number of aromatic carboxylic acids is 2. The zero-order valence-electron chi connectivity index (χ0n) is 32.0. The van der Waals surface area contributed by atoms with E-state index < -0.39 is 82.5 Å². The Kier molecular flexibility index (Phi) is 17.5. The van der Waals surface area contributed by atoms with Crippen molar-refractivity contribution in [2.45, 2.75) is 24.7 Å². The molecule has 6 rings (SSSR count). The molecule has 32 heteroatoms. The Bertz CT molecular complexity index is 2670. The minimum Gasteiger partial charge on any atom is -0.478 e. The summed E-state index contributed by atoms with van der Waals surface area (Å²) >= 11 is 5.69. The normalized spacial score (nSPS) is 11.4. The maximum atomic E-state index is 12.6. The van der Waals surface area contributed by atoms with Gasteiger partial charge in [-0.3, -0.25) is 9.97 Å². The SMILES string of the molecule is COC(=O)c1cc(C(F)(F)F)ncc1-n1nccn1.COC(=O)c1cc(C(F)(F)F)ncc1Br.O=C(O)c1cc(C(F)(F)F)ncc1-n1nccn1.O=C(O)c1cc(C(F)(F)F)ncc1Br. The van der Waals surface area contributed by atoms with E-state index in [0.717, 1.165) is 48.6 Å². The van der Waals surface area contributed by atoms with Crippen molar-refractivity contribution in [3.05, 3.63) is 128 Å². The van der Waals surface area contributed by atoms with E-state index in [1.807, 2.05) is 0 Å². The molecule has 0 aromatic carbocycles. The maximum absolute atomic E-state index is 12.6. The largest absolute Gasteiger partial charge is 0.478 e. The van der Waals surface area contributed by atoms with Gasteiger partial charge >= 0.3 is 48.6 Å². The Morgan fingerprint density at radius 2 is 0.742 bits per heavy atom. The molecule has 0 fully saturated rings. The molecule has 0 radical (unpaired) electrons. The predicted molar refractivity (Wildman–Crippen MR) is 199 cm³/mol. The van der Waals surface area contributed by atoms with Crippen LogP contribution in [0.2, 0.25) is 0 Å². The third kappa shape index (κ3) is 14.4. The standard InChI is InChI=1S/C10H7F3N4O2.C9H5F3N4O2.C8H5BrF3NO2.C7H3BrF3NO2/c1-19-9(18)6-4-8(10(11,12)13)14-5-7(6)17-15-2-3-16-17;10-9(11,12)7-3-5(8(17)18)6(4-13-7)16-14-1-2-15-16;1-15-7(14)4-2-6(8(10,11)12)13-3-5(4)9;8-4-2-12-5(7(9,10)11)1-3(4)6(13)14/h2-5H,1H3;1-4H,(H,17,18);2-3H,1H3;1-2H,(H,13,14). The number of halogens is 14. The van der Waals surface area contributed by atoms with Crippen LogP contribution in [0.5, 0.6) is 0 Å². The number of ether oxygens (including phenoxy) is 2. The summed E-state index contributed by atoms with van der Waals surface area (Å²) in [5, 5.41) is 32.2. The number of esters is 2. The minimum absolute atomic E-state index is 0.00449. The molecule has 6 heterocycles. The Labute approximate surface area is 374 Å². The zero-order chi connectivity index (χ0) is 49.9. The molecule has 0 unspecified atom stereocenters. The van der Waals surface area contributed by atoms with Crippen LogP contribution in [0.3, 0.4) is 0 Å². The first-order chi connectivity index (χ1) is 30.5. The van der Waals surface area contributed by atoms with E-state index >= 15 is 0 Å². The number of hydrogen-bond acceptors (Lipinski definition) is 14. The Balaban J connectivity index is 0.000000235. The number of hydrogen-bond donors (Lipinski definition) is 2. The number of pyridine rings is 4. The van der Waals surface area contributed by atoms with Crippen molar-refractivity contribution in [1.82, 2.24) is 49.9 Å². The lowest BCUT2D eigenvalue weighted by Crippen LogP contribution is -2.15. The zero-order valence-corrected chi connectivity index (χ0v) is 35.2. The van der Waals surface area contributed by atoms with Gasteiger partial charge in [-0.1, -0.05) is 0 Å². The van der Waals surface area contributed by atoms with E-state index in [1.165, 1.54) is 24.8 Å². The van der Waals surface area contributed by atoms with Crippen LogP contribution in [0.15, 0.2) is 82.8 Å². The molecule has 0 aliphatic heterocycles. The number of nitrogens with zero attached hydrogens (tertiary/aromatic N) is 10. The highest BCUT2D eigenvalue weighted by Gasteiger charge is 2.37. The lowest BCUT2D eigenvalue weighted by Gasteiger charge is -2.10. The van der Waals surface area contributed by atoms with Crippen LogP contribution in [-0.2, 0) is 34.2 Å². The quantitative estimate of drug-likeness (QED) is 0.118. The van der Waals surface area contributed by atoms with Gasteiger partial charge in [0.05, 0.1) is 82.6 Å². The lowest BCUT2D eigenvalue weighted by molar-refractivity contribution is -0.142. The van der Waals surface area contributed by atoms with E-state index in [0.29, 0.717) is 24.3 Å². The Morgan fingerprint density at radius 3 is 1.08 bits per heavy atom. The number of methoxy groups -OCH3 is 2. The number of aromatic nitrogens is 10. The van der Waals surface area contributed by atoms with E-state index in [1.54, 1.807) is 0 Å². The molecule has 0 saturated heterocycles. The summed E-state index contributed by atoms with van der Waals surface area (Å²) in [4.78, 5) is 58.5. The van der Waals surface area contributed by atoms with Crippen molar-refractivity contribution in [2.75, 3.05) is 14.2 Å². The van der Waals surface area contributed by atoms with Gasteiger partial charge in [0.2, 0.25) is 0 Å². The fourth-order valence-corrected chi connectivity index (χ4v) is 5.03. The summed E-state index contributed by atoms with van der Waals surface area (Å²) in [5.41, 5.74) is -6.53. The molecule has 0 spiro atoms. The van der Waals surface area contributed by atoms with Crippen molar-refractivity contribution < 1.29 is 91.5 Å². The van der Waals surface area contributed by atoms with E-state index in [4.69, 9.17) is 10.2 Å². The van der Waals surface area contributed by atoms with Gasteiger partial charge in [-0.05, 0) is 56.1 Å². The summed E-state index contributed by atoms with van der Waals surface area (Å²) < 4.78 is 157. The molecule has 0 atom stereocenters. The van der Waals surface area contributed by atoms with Gasteiger partial charge in [0, 0.05) is 12.4 Å². The number of carboxylic acids is 2. The highest BCUT2D eigenvalue weighted by molar-refractivity contribution is 9.10. The molecule has 0 aliphatic carbocycles. The van der Waals surface area contributed by atoms with Crippen LogP contribution in [0.25, 0.3) is 11.4 Å². The molecule has 0 saturated carbocycles. The molecule has 2 N–H and O–H groups in total. The number of alkyl halides is 12. The number of rotatable bonds is 6. The van der Waals surface area contributed by atoms with Crippen LogP contribution < -0.4 is 0 Å². The van der Waals surface area contributed by atoms with Gasteiger partial charge in [0.15, 0.2) is 0 Å². The monoisotopic (exact) mass is 1080 g/mol. The fourth-order valence-electron chi connectivity index (χ4n) is 4.27. The summed E-state index contributed by atoms with van der Waals surface area (Å²) in [7, 11) is 2.15. The third-order valence-electron chi connectivity index (χ3n) is 7.18. The van der Waals surface area contributed by atoms with Crippen molar-refractivity contribution >= 4 is 55.7 Å². The highest BCUT2D eigenvalue weighted by atomic mass is 79.9. The van der Waals surface area contributed by atoms with Gasteiger partial charge in [-0.25, -0.2) is 29.1 Å². The van der Waals surface area contributed by atoms with Crippen molar-refractivity contribution in [3.8, 4) is 11.4 Å². The van der Waals surface area contributed by atoms with E-state index in [9.17, 15) is 71.9 Å². The van der Waals surface area contributed by atoms with Crippen molar-refractivity contribution in [1.29, 1.82) is 0 Å². The molecule has 66 heavy (non-hydrogen) atoms. The second-order valence-electron chi connectivity index (χ2n) is 11.5. The summed E-state index contributed by atoms with van der Waals surface area (Å²) in [5.74, 6) is -4.74. The number of carbonyl (C=O) groups is 4. The van der Waals surface area contributed by atoms with Crippen molar-refractivity contribution in [2.24, 2.45) is 0 Å². The van der Waals surface area contributed by atoms with Gasteiger partial charge in [0.1, 0.15) is 34.2 Å². The highest BCUT2D eigenvalue weighted by Crippen LogP contribution is 2.33. The molecule has 352 valence electrons. The molecular weight excluding hydrogens is 1060 g/mol. The van der Waals surface area contributed by atoms with Gasteiger partial charge in [-0.2, -0.15) is 73.1 Å². The molecule has 6 aromatic heterocycles. The van der Waals surface area contributed by atoms with E-state index in [2.05, 4.69) is 81.7 Å². The average molecular weight is 1080 g/mol. The first-order valence-electron chi connectivity index (χ1n) is 16.5. The topological polar surface area (TPSA) is 240 Å². The smallest absolute Gasteiger partial charge is 0.433 e. The molecule has 0 bridgehead atoms. The average Bonchev–Trinajstić information content (AvgIpc) is 3.98. The summed E-state index contributed by atoms with van der Waals surface area (Å²) in [6.07, 6.45) is -10.0. The Hall–Kier alpha value is -7.12. The summed E-state index contributed by atoms with van der Waals surface area (Å²) in [6.45, 7) is 0. The molecule has 18 nitrogen and oxygen atoms in total. The van der Waals surface area contributed by atoms with Crippen LogP contribution in [0.1, 0.15) is 64.2 Å². The third-order valence-corrected chi connectivity index (χ3v) is 8.44. The molecule has 6 aromatic rings. The second-order valence-corrected chi connectivity index (χ2v) is 13.2. The maximum Gasteiger partial charge on any atom is 0.433 e. The minimum atomic E-state index is -4.71. The second kappa shape index (κ2) is 21.7. The lowest BCUT2D eigenvalue weighted by atomic mass is 10.2. The van der Waals surface area contributed by atoms with E-state index in [-0.39, 0.29) is 31.4 Å². The summed E-state index contributed by atoms with van der Waals surface area (Å²) in [6, 6.07) is 2.16. The first kappa shape index (κ1) is 53.2. The first-order valence-corrected chi connectivity index (χ1v) is 18.1. The predicted octanol–water partition coefficient (Wildman–Crippen LogP) is 8.06. The van der Waals surface area contributed by atoms with Crippen LogP contribution >= 0.6 is 31.9 Å². The van der Waals surface area contributed by atoms with Crippen molar-refractivity contribution in [3.63, 3.8) is 0 Å². The fraction of sp³-hybridized carbons (Fsp3) is 0.176. The Morgan fingerprint density at radius 1 is 0.470 bits per heavy atom. The molecular formula is C34H20Br2F12N10O8. The van der Waals surface area contributed by atoms with Gasteiger partial charge < -0.3 is 19.7 Å². The van der Waals surface area contributed by atoms with Gasteiger partial charge in [0.25, 0.3) is 0 Å². The van der Waals surface area contributed by atoms with Crippen LogP contribution in [-0.4, -0.2) is 98.2 Å². The number of carboxylic acid groups (broad SMARTS) is 2. The van der Waals surface area contributed by atoms with Crippen LogP contribution in [0, 0.1) is 0 Å². The number of carbonyl (C=O) groups excluding carboxylic acids is 2. The van der Waals surface area contributed by atoms with Gasteiger partial charge in [-0.15, -0.1) is 9.59 Å². The molecule has 0 aliphatic rings. The van der Waals surface area contributed by atoms with Crippen LogP contribution in [0.4, 0.5) is 52.7 Å². The molecule has 0 amide bonds.